The monoisotopic (exact) mass is 197 g/mol. The highest BCUT2D eigenvalue weighted by Crippen LogP contribution is 2.09. The Bertz CT molecular complexity index is 290. The third-order valence-electron chi connectivity index (χ3n) is 0.956. The third kappa shape index (κ3) is 1.31. The number of aryl methyl sites for hydroxylation is 1. The first-order chi connectivity index (χ1) is 4.74. The van der Waals surface area contributed by atoms with Gasteiger partial charge in [-0.05, 0) is 22.9 Å². The van der Waals surface area contributed by atoms with E-state index in [0.29, 0.717) is 10.3 Å². The fourth-order valence-corrected chi connectivity index (χ4v) is 0.994. The zero-order valence-electron chi connectivity index (χ0n) is 5.30. The quantitative estimate of drug-likeness (QED) is 0.633. The van der Waals surface area contributed by atoms with E-state index in [1.807, 2.05) is 13.0 Å². The van der Waals surface area contributed by atoms with Crippen LogP contribution in [-0.4, -0.2) is 9.97 Å². The van der Waals surface area contributed by atoms with Crippen molar-refractivity contribution in [3.05, 3.63) is 22.2 Å². The van der Waals surface area contributed by atoms with Crippen LogP contribution in [0, 0.1) is 18.3 Å². The number of halogens is 1. The highest BCUT2D eigenvalue weighted by molar-refractivity contribution is 9.10. The van der Waals surface area contributed by atoms with E-state index in [0.717, 1.165) is 5.69 Å². The van der Waals surface area contributed by atoms with Gasteiger partial charge >= 0.3 is 0 Å². The number of rotatable bonds is 0. The molecule has 0 aromatic carbocycles. The van der Waals surface area contributed by atoms with Gasteiger partial charge in [-0.1, -0.05) is 0 Å². The van der Waals surface area contributed by atoms with Gasteiger partial charge in [0.05, 0.1) is 5.69 Å². The summed E-state index contributed by atoms with van der Waals surface area (Å²) >= 11 is 3.11. The van der Waals surface area contributed by atoms with Crippen LogP contribution in [-0.2, 0) is 0 Å². The van der Waals surface area contributed by atoms with Crippen LogP contribution in [0.1, 0.15) is 11.4 Å². The molecule has 0 N–H and O–H groups in total. The predicted octanol–water partition coefficient (Wildman–Crippen LogP) is 1.42. The fraction of sp³-hybridized carbons (Fsp3) is 0.167. The van der Waals surface area contributed by atoms with Gasteiger partial charge < -0.3 is 0 Å². The summed E-state index contributed by atoms with van der Waals surface area (Å²) in [7, 11) is 0. The molecule has 1 aromatic heterocycles. The Labute approximate surface area is 66.9 Å². The molecule has 1 aromatic rings. The summed E-state index contributed by atoms with van der Waals surface area (Å²) in [4.78, 5) is 7.80. The van der Waals surface area contributed by atoms with Gasteiger partial charge in [0.25, 0.3) is 0 Å². The Morgan fingerprint density at radius 3 is 2.90 bits per heavy atom. The van der Waals surface area contributed by atoms with E-state index < -0.39 is 0 Å². The van der Waals surface area contributed by atoms with Crippen LogP contribution in [0.3, 0.4) is 0 Å². The Balaban J connectivity index is 3.23. The molecule has 10 heavy (non-hydrogen) atoms. The largest absolute Gasteiger partial charge is 0.242 e. The Morgan fingerprint density at radius 2 is 2.40 bits per heavy atom. The molecule has 3 nitrogen and oxygen atoms in total. The van der Waals surface area contributed by atoms with Gasteiger partial charge in [0.1, 0.15) is 10.7 Å². The second kappa shape index (κ2) is 2.76. The van der Waals surface area contributed by atoms with Gasteiger partial charge in [0.2, 0.25) is 0 Å². The Kier molecular flexibility index (Phi) is 1.97. The molecule has 0 atom stereocenters. The molecule has 0 aliphatic rings. The van der Waals surface area contributed by atoms with Crippen molar-refractivity contribution >= 4 is 15.9 Å². The van der Waals surface area contributed by atoms with Crippen LogP contribution >= 0.6 is 15.9 Å². The summed E-state index contributed by atoms with van der Waals surface area (Å²) in [5.74, 6) is 0. The predicted molar refractivity (Wildman–Crippen MR) is 39.2 cm³/mol. The van der Waals surface area contributed by atoms with Gasteiger partial charge in [0.15, 0.2) is 5.69 Å². The lowest BCUT2D eigenvalue weighted by molar-refractivity contribution is 1.06. The van der Waals surface area contributed by atoms with Crippen LogP contribution in [0.2, 0.25) is 0 Å². The molecule has 0 spiro atoms. The molecule has 0 amide bonds. The summed E-state index contributed by atoms with van der Waals surface area (Å²) in [5, 5.41) is 8.43. The SMILES string of the molecule is Cc1cnc(C#N)c(Br)n1. The van der Waals surface area contributed by atoms with E-state index in [1.165, 1.54) is 0 Å². The highest BCUT2D eigenvalue weighted by atomic mass is 79.9. The van der Waals surface area contributed by atoms with Crippen molar-refractivity contribution in [3.63, 3.8) is 0 Å². The number of nitrogens with zero attached hydrogens (tertiary/aromatic N) is 3. The van der Waals surface area contributed by atoms with E-state index >= 15 is 0 Å². The summed E-state index contributed by atoms with van der Waals surface area (Å²) in [6.45, 7) is 1.82. The molecule has 0 saturated carbocycles. The minimum atomic E-state index is 0.325. The average molecular weight is 198 g/mol. The van der Waals surface area contributed by atoms with E-state index in [-0.39, 0.29) is 0 Å². The van der Waals surface area contributed by atoms with Crippen LogP contribution < -0.4 is 0 Å². The molecule has 4 heteroatoms. The molecule has 0 aliphatic carbocycles. The van der Waals surface area contributed by atoms with Crippen molar-refractivity contribution in [1.82, 2.24) is 9.97 Å². The minimum Gasteiger partial charge on any atom is -0.242 e. The van der Waals surface area contributed by atoms with Gasteiger partial charge in [-0.2, -0.15) is 5.26 Å². The zero-order chi connectivity index (χ0) is 7.56. The van der Waals surface area contributed by atoms with Crippen molar-refractivity contribution in [1.29, 1.82) is 5.26 Å². The van der Waals surface area contributed by atoms with Crippen molar-refractivity contribution < 1.29 is 0 Å². The first kappa shape index (κ1) is 7.16. The minimum absolute atomic E-state index is 0.325. The maximum Gasteiger partial charge on any atom is 0.173 e. The zero-order valence-corrected chi connectivity index (χ0v) is 6.88. The highest BCUT2D eigenvalue weighted by Gasteiger charge is 1.99. The van der Waals surface area contributed by atoms with Crippen LogP contribution in [0.4, 0.5) is 0 Å². The molecule has 0 fully saturated rings. The maximum atomic E-state index is 8.43. The van der Waals surface area contributed by atoms with E-state index in [9.17, 15) is 0 Å². The summed E-state index contributed by atoms with van der Waals surface area (Å²) in [6.07, 6.45) is 1.56. The molecular weight excluding hydrogens is 194 g/mol. The van der Waals surface area contributed by atoms with Gasteiger partial charge in [-0.3, -0.25) is 0 Å². The summed E-state index contributed by atoms with van der Waals surface area (Å²) in [6, 6.07) is 1.90. The molecule has 0 bridgehead atoms. The molecule has 0 aliphatic heterocycles. The smallest absolute Gasteiger partial charge is 0.173 e. The van der Waals surface area contributed by atoms with Crippen molar-refractivity contribution in [2.75, 3.05) is 0 Å². The fourth-order valence-electron chi connectivity index (χ4n) is 0.523. The van der Waals surface area contributed by atoms with E-state index in [2.05, 4.69) is 25.9 Å². The van der Waals surface area contributed by atoms with E-state index in [1.54, 1.807) is 6.20 Å². The Hall–Kier alpha value is -0.950. The van der Waals surface area contributed by atoms with E-state index in [4.69, 9.17) is 5.26 Å². The third-order valence-corrected chi connectivity index (χ3v) is 1.51. The molecule has 1 heterocycles. The Morgan fingerprint density at radius 1 is 1.70 bits per heavy atom. The lowest BCUT2D eigenvalue weighted by Crippen LogP contribution is -1.90. The van der Waals surface area contributed by atoms with Gasteiger partial charge in [-0.25, -0.2) is 9.97 Å². The average Bonchev–Trinajstić information content (AvgIpc) is 1.88. The number of nitriles is 1. The second-order valence-corrected chi connectivity index (χ2v) is 2.51. The first-order valence-electron chi connectivity index (χ1n) is 2.63. The first-order valence-corrected chi connectivity index (χ1v) is 3.42. The molecular formula is C6H4BrN3. The van der Waals surface area contributed by atoms with Gasteiger partial charge in [0, 0.05) is 6.20 Å². The number of hydrogen-bond donors (Lipinski definition) is 0. The maximum absolute atomic E-state index is 8.43. The van der Waals surface area contributed by atoms with Crippen LogP contribution in [0.25, 0.3) is 0 Å². The standard InChI is InChI=1S/C6H4BrN3/c1-4-3-9-5(2-8)6(7)10-4/h3H,1H3. The normalized spacial score (nSPS) is 8.90. The van der Waals surface area contributed by atoms with Crippen LogP contribution in [0.5, 0.6) is 0 Å². The summed E-state index contributed by atoms with van der Waals surface area (Å²) < 4.78 is 0.509. The van der Waals surface area contributed by atoms with Crippen molar-refractivity contribution in [3.8, 4) is 6.07 Å². The second-order valence-electron chi connectivity index (χ2n) is 1.76. The lowest BCUT2D eigenvalue weighted by Gasteiger charge is -1.92. The molecule has 1 rings (SSSR count). The lowest BCUT2D eigenvalue weighted by atomic mass is 10.4. The molecule has 50 valence electrons. The summed E-state index contributed by atoms with van der Waals surface area (Å²) in [5.41, 5.74) is 1.12. The number of hydrogen-bond acceptors (Lipinski definition) is 3. The topological polar surface area (TPSA) is 49.6 Å². The van der Waals surface area contributed by atoms with Crippen molar-refractivity contribution in [2.45, 2.75) is 6.92 Å². The van der Waals surface area contributed by atoms with Gasteiger partial charge in [-0.15, -0.1) is 0 Å². The molecule has 0 unspecified atom stereocenters. The van der Waals surface area contributed by atoms with Crippen LogP contribution in [0.15, 0.2) is 10.8 Å². The number of aromatic nitrogens is 2. The molecule has 0 saturated heterocycles. The molecule has 0 radical (unpaired) electrons. The van der Waals surface area contributed by atoms with Crippen molar-refractivity contribution in [2.24, 2.45) is 0 Å².